The zero-order chi connectivity index (χ0) is 17.7. The summed E-state index contributed by atoms with van der Waals surface area (Å²) in [6, 6.07) is 12.7. The molecule has 4 nitrogen and oxygen atoms in total. The second-order valence-electron chi connectivity index (χ2n) is 5.20. The monoisotopic (exact) mass is 470 g/mol. The van der Waals surface area contributed by atoms with Crippen molar-refractivity contribution in [3.63, 3.8) is 0 Å². The van der Waals surface area contributed by atoms with Crippen molar-refractivity contribution >= 4 is 60.8 Å². The van der Waals surface area contributed by atoms with E-state index in [0.717, 1.165) is 10.2 Å². The molecule has 126 valence electrons. The number of anilines is 1. The number of nitrogens with one attached hydrogen (secondary N) is 2. The van der Waals surface area contributed by atoms with Gasteiger partial charge in [0, 0.05) is 10.0 Å². The summed E-state index contributed by atoms with van der Waals surface area (Å²) < 4.78 is 7.21. The van der Waals surface area contributed by atoms with Crippen LogP contribution in [-0.4, -0.2) is 17.1 Å². The van der Waals surface area contributed by atoms with Crippen LogP contribution in [0.2, 0.25) is 0 Å². The Morgan fingerprint density at radius 1 is 1.12 bits per heavy atom. The molecular weight excluding hydrogens is 456 g/mol. The minimum Gasteiger partial charge on any atom is -0.490 e. The van der Waals surface area contributed by atoms with Crippen molar-refractivity contribution in [3.05, 3.63) is 57.0 Å². The van der Waals surface area contributed by atoms with Crippen molar-refractivity contribution in [2.45, 2.75) is 20.0 Å². The molecule has 2 aromatic rings. The third kappa shape index (κ3) is 5.29. The number of carbonyl (C=O) groups excluding carboxylic acids is 1. The van der Waals surface area contributed by atoms with Crippen LogP contribution in [0.4, 0.5) is 5.69 Å². The molecule has 2 N–H and O–H groups in total. The molecular formula is C17H16Br2N2O2S. The van der Waals surface area contributed by atoms with Crippen LogP contribution >= 0.6 is 44.1 Å². The van der Waals surface area contributed by atoms with Crippen LogP contribution < -0.4 is 15.4 Å². The number of halogens is 2. The van der Waals surface area contributed by atoms with Gasteiger partial charge in [0.1, 0.15) is 5.75 Å². The van der Waals surface area contributed by atoms with Crippen LogP contribution in [0.5, 0.6) is 5.75 Å². The summed E-state index contributed by atoms with van der Waals surface area (Å²) in [5.41, 5.74) is 1.26. The smallest absolute Gasteiger partial charge is 0.257 e. The summed E-state index contributed by atoms with van der Waals surface area (Å²) in [5.74, 6) is 0.395. The van der Waals surface area contributed by atoms with E-state index in [2.05, 4.69) is 42.5 Å². The molecule has 24 heavy (non-hydrogen) atoms. The third-order valence-electron chi connectivity index (χ3n) is 2.91. The number of thiocarbonyl (C=S) groups is 1. The van der Waals surface area contributed by atoms with Crippen molar-refractivity contribution in [2.24, 2.45) is 0 Å². The molecule has 1 amide bonds. The lowest BCUT2D eigenvalue weighted by molar-refractivity contribution is 0.0977. The number of para-hydroxylation sites is 1. The zero-order valence-corrected chi connectivity index (χ0v) is 17.1. The maximum atomic E-state index is 12.3. The average molecular weight is 472 g/mol. The molecule has 7 heteroatoms. The second-order valence-corrected chi connectivity index (χ2v) is 7.32. The molecule has 0 saturated carbocycles. The Kier molecular flexibility index (Phi) is 6.77. The van der Waals surface area contributed by atoms with Crippen molar-refractivity contribution in [1.82, 2.24) is 5.32 Å². The molecule has 0 aliphatic heterocycles. The highest BCUT2D eigenvalue weighted by Crippen LogP contribution is 2.27. The Labute approximate surface area is 163 Å². The first-order valence-corrected chi connectivity index (χ1v) is 9.19. The van der Waals surface area contributed by atoms with Gasteiger partial charge in [0.2, 0.25) is 0 Å². The van der Waals surface area contributed by atoms with E-state index in [1.54, 1.807) is 18.2 Å². The normalized spacial score (nSPS) is 10.4. The largest absolute Gasteiger partial charge is 0.490 e. The first-order valence-electron chi connectivity index (χ1n) is 7.20. The van der Waals surface area contributed by atoms with Gasteiger partial charge in [0.05, 0.1) is 16.3 Å². The highest BCUT2D eigenvalue weighted by molar-refractivity contribution is 9.11. The van der Waals surface area contributed by atoms with Crippen LogP contribution in [0.25, 0.3) is 0 Å². The first kappa shape index (κ1) is 18.9. The number of amides is 1. The Morgan fingerprint density at radius 2 is 1.83 bits per heavy atom. The lowest BCUT2D eigenvalue weighted by Gasteiger charge is -2.13. The molecule has 0 aromatic heterocycles. The summed E-state index contributed by atoms with van der Waals surface area (Å²) in [6.45, 7) is 3.89. The summed E-state index contributed by atoms with van der Waals surface area (Å²) in [7, 11) is 0. The SMILES string of the molecule is CC(C)Oc1ccc(C(=O)NC(=S)Nc2ccccc2Br)cc1Br. The molecule has 2 rings (SSSR count). The number of carbonyl (C=O) groups is 1. The molecule has 0 aliphatic carbocycles. The van der Waals surface area contributed by atoms with Gasteiger partial charge in [-0.15, -0.1) is 0 Å². The Morgan fingerprint density at radius 3 is 2.46 bits per heavy atom. The summed E-state index contributed by atoms with van der Waals surface area (Å²) in [5, 5.41) is 5.86. The average Bonchev–Trinajstić information content (AvgIpc) is 2.51. The maximum Gasteiger partial charge on any atom is 0.257 e. The summed E-state index contributed by atoms with van der Waals surface area (Å²) in [6.07, 6.45) is 0.0575. The van der Waals surface area contributed by atoms with Crippen LogP contribution in [0.1, 0.15) is 24.2 Å². The molecule has 2 aromatic carbocycles. The van der Waals surface area contributed by atoms with Crippen molar-refractivity contribution in [2.75, 3.05) is 5.32 Å². The van der Waals surface area contributed by atoms with Crippen LogP contribution in [0.15, 0.2) is 51.4 Å². The topological polar surface area (TPSA) is 50.4 Å². The molecule has 0 saturated heterocycles. The third-order valence-corrected chi connectivity index (χ3v) is 4.42. The quantitative estimate of drug-likeness (QED) is 0.607. The van der Waals surface area contributed by atoms with E-state index in [-0.39, 0.29) is 17.1 Å². The van der Waals surface area contributed by atoms with Gasteiger partial charge in [-0.3, -0.25) is 10.1 Å². The van der Waals surface area contributed by atoms with E-state index < -0.39 is 0 Å². The number of benzene rings is 2. The van der Waals surface area contributed by atoms with Crippen molar-refractivity contribution in [1.29, 1.82) is 0 Å². The van der Waals surface area contributed by atoms with E-state index in [0.29, 0.717) is 15.8 Å². The van der Waals surface area contributed by atoms with Gasteiger partial charge in [0.15, 0.2) is 5.11 Å². The fourth-order valence-electron chi connectivity index (χ4n) is 1.88. The lowest BCUT2D eigenvalue weighted by Crippen LogP contribution is -2.34. The van der Waals surface area contributed by atoms with Gasteiger partial charge in [0.25, 0.3) is 5.91 Å². The molecule has 0 atom stereocenters. The lowest BCUT2D eigenvalue weighted by atomic mass is 10.2. The number of ether oxygens (including phenoxy) is 1. The van der Waals surface area contributed by atoms with E-state index >= 15 is 0 Å². The Balaban J connectivity index is 2.03. The zero-order valence-electron chi connectivity index (χ0n) is 13.1. The van der Waals surface area contributed by atoms with Crippen molar-refractivity contribution in [3.8, 4) is 5.75 Å². The predicted octanol–water partition coefficient (Wildman–Crippen LogP) is 5.13. The minimum atomic E-state index is -0.295. The maximum absolute atomic E-state index is 12.3. The van der Waals surface area contributed by atoms with E-state index in [9.17, 15) is 4.79 Å². The summed E-state index contributed by atoms with van der Waals surface area (Å²) >= 11 is 12.0. The fourth-order valence-corrected chi connectivity index (χ4v) is 2.94. The van der Waals surface area contributed by atoms with Gasteiger partial charge >= 0.3 is 0 Å². The van der Waals surface area contributed by atoms with E-state index in [1.165, 1.54) is 0 Å². The van der Waals surface area contributed by atoms with Gasteiger partial charge in [-0.25, -0.2) is 0 Å². The van der Waals surface area contributed by atoms with Gasteiger partial charge in [-0.1, -0.05) is 12.1 Å². The van der Waals surface area contributed by atoms with Crippen molar-refractivity contribution < 1.29 is 9.53 Å². The van der Waals surface area contributed by atoms with Crippen LogP contribution in [-0.2, 0) is 0 Å². The highest BCUT2D eigenvalue weighted by atomic mass is 79.9. The summed E-state index contributed by atoms with van der Waals surface area (Å²) in [4.78, 5) is 12.3. The number of rotatable bonds is 4. The Hall–Kier alpha value is -1.44. The first-order chi connectivity index (χ1) is 11.4. The number of hydrogen-bond donors (Lipinski definition) is 2. The Bertz CT molecular complexity index is 766. The van der Waals surface area contributed by atoms with E-state index in [1.807, 2.05) is 38.1 Å². The van der Waals surface area contributed by atoms with Crippen LogP contribution in [0.3, 0.4) is 0 Å². The van der Waals surface area contributed by atoms with Crippen LogP contribution in [0, 0.1) is 0 Å². The molecule has 0 heterocycles. The number of hydrogen-bond acceptors (Lipinski definition) is 3. The van der Waals surface area contributed by atoms with Gasteiger partial charge in [-0.2, -0.15) is 0 Å². The van der Waals surface area contributed by atoms with Gasteiger partial charge in [-0.05, 0) is 88.3 Å². The fraction of sp³-hybridized carbons (Fsp3) is 0.176. The highest BCUT2D eigenvalue weighted by Gasteiger charge is 2.12. The van der Waals surface area contributed by atoms with E-state index in [4.69, 9.17) is 17.0 Å². The predicted molar refractivity (Wildman–Crippen MR) is 108 cm³/mol. The molecule has 0 fully saturated rings. The molecule has 0 aliphatic rings. The molecule has 0 bridgehead atoms. The second kappa shape index (κ2) is 8.60. The standard InChI is InChI=1S/C17H16Br2N2O2S/c1-10(2)23-15-8-7-11(9-13(15)19)16(22)21-17(24)20-14-6-4-3-5-12(14)18/h3-10H,1-2H3,(H2,20,21,22,24). The molecule has 0 unspecified atom stereocenters. The van der Waals surface area contributed by atoms with Gasteiger partial charge < -0.3 is 10.1 Å². The minimum absolute atomic E-state index is 0.0575. The molecule has 0 radical (unpaired) electrons. The molecule has 0 spiro atoms.